The SMILES string of the molecule is C=C/C(C)=C(/c1ccccc1C)N(C)C1CC2(C1)CN(C(=O)c1cc(O)ccc1F)C2. The Kier molecular flexibility index (Phi) is 5.38. The third kappa shape index (κ3) is 3.73. The van der Waals surface area contributed by atoms with Crippen LogP contribution in [0.25, 0.3) is 5.70 Å². The maximum atomic E-state index is 14.0. The Morgan fingerprint density at radius 2 is 1.90 bits per heavy atom. The van der Waals surface area contributed by atoms with Crippen molar-refractivity contribution in [3.05, 3.63) is 83.2 Å². The molecule has 5 heteroatoms. The fourth-order valence-electron chi connectivity index (χ4n) is 5.02. The zero-order chi connectivity index (χ0) is 22.3. The monoisotopic (exact) mass is 420 g/mol. The van der Waals surface area contributed by atoms with Gasteiger partial charge in [0.25, 0.3) is 5.91 Å². The van der Waals surface area contributed by atoms with Crippen molar-refractivity contribution in [3.8, 4) is 5.75 Å². The van der Waals surface area contributed by atoms with Crippen LogP contribution in [-0.4, -0.2) is 47.0 Å². The Morgan fingerprint density at radius 3 is 2.55 bits per heavy atom. The van der Waals surface area contributed by atoms with Gasteiger partial charge in [-0.15, -0.1) is 0 Å². The lowest BCUT2D eigenvalue weighted by Crippen LogP contribution is -2.67. The molecular weight excluding hydrogens is 391 g/mol. The molecule has 1 spiro atoms. The molecular formula is C26H29FN2O2. The van der Waals surface area contributed by atoms with Gasteiger partial charge in [-0.3, -0.25) is 4.79 Å². The van der Waals surface area contributed by atoms with E-state index in [1.54, 1.807) is 4.90 Å². The van der Waals surface area contributed by atoms with E-state index in [0.29, 0.717) is 19.1 Å². The summed E-state index contributed by atoms with van der Waals surface area (Å²) in [5.74, 6) is -1.04. The summed E-state index contributed by atoms with van der Waals surface area (Å²) in [6, 6.07) is 12.4. The van der Waals surface area contributed by atoms with E-state index in [2.05, 4.69) is 50.6 Å². The van der Waals surface area contributed by atoms with Crippen LogP contribution in [0.4, 0.5) is 4.39 Å². The topological polar surface area (TPSA) is 43.8 Å². The summed E-state index contributed by atoms with van der Waals surface area (Å²) in [6.07, 6.45) is 3.89. The number of hydrogen-bond acceptors (Lipinski definition) is 3. The van der Waals surface area contributed by atoms with Crippen LogP contribution < -0.4 is 0 Å². The predicted octanol–water partition coefficient (Wildman–Crippen LogP) is 4.99. The van der Waals surface area contributed by atoms with E-state index in [1.807, 2.05) is 12.1 Å². The van der Waals surface area contributed by atoms with Crippen molar-refractivity contribution in [2.24, 2.45) is 5.41 Å². The number of aromatic hydroxyl groups is 1. The summed E-state index contributed by atoms with van der Waals surface area (Å²) in [5, 5.41) is 9.59. The molecule has 1 aliphatic heterocycles. The van der Waals surface area contributed by atoms with Crippen LogP contribution in [0.2, 0.25) is 0 Å². The van der Waals surface area contributed by atoms with Gasteiger partial charge in [0.2, 0.25) is 0 Å². The number of phenols is 1. The van der Waals surface area contributed by atoms with Crippen LogP contribution in [0, 0.1) is 18.2 Å². The summed E-state index contributed by atoms with van der Waals surface area (Å²) >= 11 is 0. The Morgan fingerprint density at radius 1 is 1.23 bits per heavy atom. The number of aryl methyl sites for hydroxylation is 1. The average molecular weight is 421 g/mol. The minimum atomic E-state index is -0.595. The first-order valence-corrected chi connectivity index (χ1v) is 10.6. The average Bonchev–Trinajstić information content (AvgIpc) is 2.69. The van der Waals surface area contributed by atoms with Crippen molar-refractivity contribution in [1.82, 2.24) is 9.80 Å². The van der Waals surface area contributed by atoms with E-state index in [4.69, 9.17) is 0 Å². The van der Waals surface area contributed by atoms with E-state index in [0.717, 1.165) is 24.5 Å². The Balaban J connectivity index is 1.43. The van der Waals surface area contributed by atoms with Crippen molar-refractivity contribution in [2.75, 3.05) is 20.1 Å². The minimum Gasteiger partial charge on any atom is -0.508 e. The van der Waals surface area contributed by atoms with Gasteiger partial charge in [-0.2, -0.15) is 0 Å². The fourth-order valence-corrected chi connectivity index (χ4v) is 5.02. The molecule has 1 aliphatic carbocycles. The van der Waals surface area contributed by atoms with E-state index in [9.17, 15) is 14.3 Å². The van der Waals surface area contributed by atoms with E-state index < -0.39 is 5.82 Å². The van der Waals surface area contributed by atoms with Crippen molar-refractivity contribution >= 4 is 11.6 Å². The van der Waals surface area contributed by atoms with Crippen LogP contribution in [0.5, 0.6) is 5.75 Å². The molecule has 31 heavy (non-hydrogen) atoms. The fraction of sp³-hybridized carbons (Fsp3) is 0.346. The van der Waals surface area contributed by atoms with Crippen LogP contribution in [0.15, 0.2) is 60.7 Å². The number of nitrogens with zero attached hydrogens (tertiary/aromatic N) is 2. The third-order valence-corrected chi connectivity index (χ3v) is 6.84. The molecule has 1 amide bonds. The Bertz CT molecular complexity index is 1060. The van der Waals surface area contributed by atoms with Gasteiger partial charge in [0, 0.05) is 42.9 Å². The van der Waals surface area contributed by atoms with Crippen LogP contribution in [-0.2, 0) is 0 Å². The molecule has 162 valence electrons. The number of carbonyl (C=O) groups is 1. The molecule has 1 saturated carbocycles. The Hall–Kier alpha value is -3.08. The molecule has 0 aromatic heterocycles. The molecule has 0 radical (unpaired) electrons. The highest BCUT2D eigenvalue weighted by Crippen LogP contribution is 2.51. The number of hydrogen-bond donors (Lipinski definition) is 1. The molecule has 1 heterocycles. The van der Waals surface area contributed by atoms with Crippen molar-refractivity contribution in [3.63, 3.8) is 0 Å². The number of carbonyl (C=O) groups excluding carboxylic acids is 1. The number of phenolic OH excluding ortho intramolecular Hbond substituents is 1. The van der Waals surface area contributed by atoms with E-state index in [-0.39, 0.29) is 22.6 Å². The quantitative estimate of drug-likeness (QED) is 0.693. The predicted molar refractivity (Wildman–Crippen MR) is 121 cm³/mol. The maximum absolute atomic E-state index is 14.0. The largest absolute Gasteiger partial charge is 0.508 e. The number of halogens is 1. The zero-order valence-corrected chi connectivity index (χ0v) is 18.4. The zero-order valence-electron chi connectivity index (χ0n) is 18.4. The van der Waals surface area contributed by atoms with Gasteiger partial charge in [-0.1, -0.05) is 36.9 Å². The van der Waals surface area contributed by atoms with Gasteiger partial charge < -0.3 is 14.9 Å². The first-order chi connectivity index (χ1) is 14.7. The van der Waals surface area contributed by atoms with Gasteiger partial charge in [-0.25, -0.2) is 4.39 Å². The summed E-state index contributed by atoms with van der Waals surface area (Å²) in [5.41, 5.74) is 4.83. The van der Waals surface area contributed by atoms with Crippen molar-refractivity contribution in [1.29, 1.82) is 0 Å². The number of rotatable bonds is 5. The summed E-state index contributed by atoms with van der Waals surface area (Å²) in [7, 11) is 2.13. The lowest BCUT2D eigenvalue weighted by molar-refractivity contribution is -0.0781. The molecule has 1 saturated heterocycles. The van der Waals surface area contributed by atoms with Crippen molar-refractivity contribution in [2.45, 2.75) is 32.7 Å². The molecule has 4 rings (SSSR count). The normalized spacial score (nSPS) is 18.1. The third-order valence-electron chi connectivity index (χ3n) is 6.84. The number of benzene rings is 2. The van der Waals surface area contributed by atoms with Gasteiger partial charge >= 0.3 is 0 Å². The highest BCUT2D eigenvalue weighted by atomic mass is 19.1. The lowest BCUT2D eigenvalue weighted by Gasteiger charge is -2.61. The molecule has 2 fully saturated rings. The van der Waals surface area contributed by atoms with E-state index >= 15 is 0 Å². The van der Waals surface area contributed by atoms with Gasteiger partial charge in [0.1, 0.15) is 11.6 Å². The molecule has 1 N–H and O–H groups in total. The molecule has 2 aromatic rings. The highest BCUT2D eigenvalue weighted by Gasteiger charge is 2.55. The number of allylic oxidation sites excluding steroid dienone is 2. The molecule has 0 bridgehead atoms. The molecule has 0 atom stereocenters. The summed E-state index contributed by atoms with van der Waals surface area (Å²) in [4.78, 5) is 16.7. The van der Waals surface area contributed by atoms with Gasteiger partial charge in [0.05, 0.1) is 5.56 Å². The van der Waals surface area contributed by atoms with Crippen LogP contribution in [0.3, 0.4) is 0 Å². The van der Waals surface area contributed by atoms with Crippen molar-refractivity contribution < 1.29 is 14.3 Å². The molecule has 2 aliphatic rings. The van der Waals surface area contributed by atoms with Crippen LogP contribution in [0.1, 0.15) is 41.3 Å². The highest BCUT2D eigenvalue weighted by molar-refractivity contribution is 5.95. The number of likely N-dealkylation sites (tertiary alicyclic amines) is 1. The van der Waals surface area contributed by atoms with Gasteiger partial charge in [0.15, 0.2) is 0 Å². The minimum absolute atomic E-state index is 0.0609. The first-order valence-electron chi connectivity index (χ1n) is 10.6. The smallest absolute Gasteiger partial charge is 0.257 e. The summed E-state index contributed by atoms with van der Waals surface area (Å²) in [6.45, 7) is 9.45. The number of amides is 1. The molecule has 0 unspecified atom stereocenters. The maximum Gasteiger partial charge on any atom is 0.257 e. The van der Waals surface area contributed by atoms with Crippen LogP contribution >= 0.6 is 0 Å². The molecule has 4 nitrogen and oxygen atoms in total. The second kappa shape index (κ2) is 7.88. The standard InChI is InChI=1S/C26H29FN2O2/c1-5-17(2)24(21-9-7-6-8-18(21)3)28(4)19-13-26(14-19)15-29(16-26)25(31)22-12-20(30)10-11-23(22)27/h5-12,19,30H,1,13-16H2,2-4H3/b24-17-. The van der Waals surface area contributed by atoms with E-state index in [1.165, 1.54) is 29.0 Å². The second-order valence-electron chi connectivity index (χ2n) is 9.05. The first kappa shape index (κ1) is 21.2. The lowest BCUT2D eigenvalue weighted by atomic mass is 9.60. The van der Waals surface area contributed by atoms with Gasteiger partial charge in [-0.05, 0) is 56.0 Å². The second-order valence-corrected chi connectivity index (χ2v) is 9.05. The Labute approximate surface area is 183 Å². The molecule has 2 aromatic carbocycles. The summed E-state index contributed by atoms with van der Waals surface area (Å²) < 4.78 is 14.0.